The highest BCUT2D eigenvalue weighted by atomic mass is 35.5. The lowest BCUT2D eigenvalue weighted by molar-refractivity contribution is -0.157. The summed E-state index contributed by atoms with van der Waals surface area (Å²) in [5.74, 6) is -0.383. The molecule has 188 valence electrons. The molecular weight excluding hydrogens is 476 g/mol. The van der Waals surface area contributed by atoms with Gasteiger partial charge in [0.15, 0.2) is 5.78 Å². The van der Waals surface area contributed by atoms with Crippen molar-refractivity contribution in [2.24, 2.45) is 17.3 Å². The van der Waals surface area contributed by atoms with Crippen molar-refractivity contribution in [2.75, 3.05) is 31.2 Å². The lowest BCUT2D eigenvalue weighted by Gasteiger charge is -2.56. The van der Waals surface area contributed by atoms with Gasteiger partial charge in [-0.15, -0.1) is 0 Å². The average Bonchev–Trinajstić information content (AvgIpc) is 3.25. The quantitative estimate of drug-likeness (QED) is 0.420. The number of carboxylic acids is 1. The normalized spacial score (nSPS) is 25.5. The minimum atomic E-state index is -0.680. The van der Waals surface area contributed by atoms with Crippen molar-refractivity contribution in [3.05, 3.63) is 64.8 Å². The maximum absolute atomic E-state index is 13.4. The number of morpholine rings is 1. The van der Waals surface area contributed by atoms with Gasteiger partial charge in [-0.1, -0.05) is 23.7 Å². The summed E-state index contributed by atoms with van der Waals surface area (Å²) in [7, 11) is 0. The number of aliphatic carboxylic acids is 1. The number of aromatic nitrogens is 1. The van der Waals surface area contributed by atoms with E-state index in [4.69, 9.17) is 16.3 Å². The molecular formula is C29H31ClN2O4. The van der Waals surface area contributed by atoms with E-state index in [1.54, 1.807) is 0 Å². The number of carbonyl (C=O) groups is 2. The van der Waals surface area contributed by atoms with E-state index in [0.29, 0.717) is 23.9 Å². The molecule has 7 heteroatoms. The van der Waals surface area contributed by atoms with Crippen molar-refractivity contribution in [1.82, 2.24) is 4.57 Å². The van der Waals surface area contributed by atoms with Gasteiger partial charge in [0.2, 0.25) is 0 Å². The highest BCUT2D eigenvalue weighted by Gasteiger charge is 2.54. The lowest BCUT2D eigenvalue weighted by atomic mass is 9.47. The maximum atomic E-state index is 13.4. The number of ether oxygens (including phenoxy) is 1. The Kier molecular flexibility index (Phi) is 6.05. The summed E-state index contributed by atoms with van der Waals surface area (Å²) in [6.07, 6.45) is 6.00. The molecule has 3 fully saturated rings. The Morgan fingerprint density at radius 1 is 1.00 bits per heavy atom. The second-order valence-electron chi connectivity index (χ2n) is 10.9. The van der Waals surface area contributed by atoms with Gasteiger partial charge in [-0.25, -0.2) is 0 Å². The molecule has 0 bridgehead atoms. The zero-order valence-corrected chi connectivity index (χ0v) is 21.0. The Morgan fingerprint density at radius 3 is 2.42 bits per heavy atom. The van der Waals surface area contributed by atoms with Gasteiger partial charge >= 0.3 is 5.97 Å². The Bertz CT molecular complexity index is 1290. The van der Waals surface area contributed by atoms with E-state index in [1.807, 2.05) is 24.4 Å². The van der Waals surface area contributed by atoms with Crippen LogP contribution in [0.15, 0.2) is 48.7 Å². The minimum absolute atomic E-state index is 0.147. The third-order valence-electron chi connectivity index (χ3n) is 8.46. The fraction of sp³-hybridized carbons (Fsp3) is 0.448. The van der Waals surface area contributed by atoms with Gasteiger partial charge < -0.3 is 19.3 Å². The molecule has 1 aliphatic heterocycles. The van der Waals surface area contributed by atoms with Gasteiger partial charge in [-0.05, 0) is 72.9 Å². The molecule has 0 amide bonds. The van der Waals surface area contributed by atoms with E-state index < -0.39 is 5.97 Å². The van der Waals surface area contributed by atoms with Crippen LogP contribution in [0.3, 0.4) is 0 Å². The molecule has 6 nitrogen and oxygen atoms in total. The number of ketones is 1. The van der Waals surface area contributed by atoms with Crippen LogP contribution in [0.25, 0.3) is 10.9 Å². The molecule has 2 aliphatic carbocycles. The molecule has 36 heavy (non-hydrogen) atoms. The highest BCUT2D eigenvalue weighted by molar-refractivity contribution is 6.36. The van der Waals surface area contributed by atoms with Gasteiger partial charge in [-0.2, -0.15) is 0 Å². The fourth-order valence-corrected chi connectivity index (χ4v) is 6.87. The summed E-state index contributed by atoms with van der Waals surface area (Å²) in [6.45, 7) is 4.01. The first kappa shape index (κ1) is 23.6. The number of fused-ring (bicyclic) bond motifs is 1. The molecule has 2 aromatic carbocycles. The maximum Gasteiger partial charge on any atom is 0.306 e. The smallest absolute Gasteiger partial charge is 0.306 e. The van der Waals surface area contributed by atoms with Crippen LogP contribution in [0.5, 0.6) is 0 Å². The standard InChI is InChI=1S/C29H31ClN2O4/c30-25-6-5-24(26(33)13-20-14-29(15-20)16-21(17-29)28(34)35)27-23(25)7-8-32(27)18-19-1-3-22(4-2-19)31-9-11-36-12-10-31/h1-8,20-21H,9-18H2,(H,34,35). The van der Waals surface area contributed by atoms with Crippen LogP contribution < -0.4 is 4.90 Å². The van der Waals surface area contributed by atoms with Crippen LogP contribution >= 0.6 is 11.6 Å². The molecule has 1 N–H and O–H groups in total. The number of carbonyl (C=O) groups excluding carboxylic acids is 1. The van der Waals surface area contributed by atoms with Crippen LogP contribution in [0.4, 0.5) is 5.69 Å². The zero-order chi connectivity index (χ0) is 24.9. The summed E-state index contributed by atoms with van der Waals surface area (Å²) >= 11 is 6.52. The van der Waals surface area contributed by atoms with E-state index in [-0.39, 0.29) is 17.1 Å². The van der Waals surface area contributed by atoms with Crippen LogP contribution in [-0.2, 0) is 16.1 Å². The average molecular weight is 507 g/mol. The number of anilines is 1. The van der Waals surface area contributed by atoms with Crippen molar-refractivity contribution < 1.29 is 19.4 Å². The number of nitrogens with zero attached hydrogens (tertiary/aromatic N) is 2. The van der Waals surface area contributed by atoms with Crippen molar-refractivity contribution in [2.45, 2.75) is 38.6 Å². The van der Waals surface area contributed by atoms with Crippen LogP contribution in [-0.4, -0.2) is 47.7 Å². The largest absolute Gasteiger partial charge is 0.481 e. The van der Waals surface area contributed by atoms with Gasteiger partial charge in [0.1, 0.15) is 0 Å². The molecule has 0 radical (unpaired) electrons. The fourth-order valence-electron chi connectivity index (χ4n) is 6.65. The van der Waals surface area contributed by atoms with E-state index in [1.165, 1.54) is 11.3 Å². The first-order valence-corrected chi connectivity index (χ1v) is 13.2. The van der Waals surface area contributed by atoms with Gasteiger partial charge in [0, 0.05) is 53.9 Å². The lowest BCUT2D eigenvalue weighted by Crippen LogP contribution is -2.50. The molecule has 2 heterocycles. The third-order valence-corrected chi connectivity index (χ3v) is 8.79. The third kappa shape index (κ3) is 4.31. The number of halogens is 1. The van der Waals surface area contributed by atoms with Crippen molar-refractivity contribution in [3.63, 3.8) is 0 Å². The van der Waals surface area contributed by atoms with Gasteiger partial charge in [-0.3, -0.25) is 9.59 Å². The summed E-state index contributed by atoms with van der Waals surface area (Å²) in [5, 5.41) is 10.7. The summed E-state index contributed by atoms with van der Waals surface area (Å²) < 4.78 is 7.59. The molecule has 6 rings (SSSR count). The van der Waals surface area contributed by atoms with Crippen molar-refractivity contribution in [3.8, 4) is 0 Å². The predicted octanol–water partition coefficient (Wildman–Crippen LogP) is 5.64. The topological polar surface area (TPSA) is 71.8 Å². The molecule has 1 saturated heterocycles. The van der Waals surface area contributed by atoms with Crippen LogP contribution in [0, 0.1) is 17.3 Å². The molecule has 1 aromatic heterocycles. The summed E-state index contributed by atoms with van der Waals surface area (Å²) in [4.78, 5) is 26.9. The second kappa shape index (κ2) is 9.24. The van der Waals surface area contributed by atoms with Crippen LogP contribution in [0.1, 0.15) is 48.0 Å². The van der Waals surface area contributed by atoms with Crippen LogP contribution in [0.2, 0.25) is 5.02 Å². The number of carboxylic acid groups (broad SMARTS) is 1. The molecule has 3 aliphatic rings. The number of benzene rings is 2. The second-order valence-corrected chi connectivity index (χ2v) is 11.3. The first-order valence-electron chi connectivity index (χ1n) is 12.9. The number of rotatable bonds is 7. The minimum Gasteiger partial charge on any atom is -0.481 e. The molecule has 1 spiro atoms. The van der Waals surface area contributed by atoms with Gasteiger partial charge in [0.05, 0.1) is 24.6 Å². The Balaban J connectivity index is 1.17. The van der Waals surface area contributed by atoms with E-state index >= 15 is 0 Å². The molecule has 3 aromatic rings. The summed E-state index contributed by atoms with van der Waals surface area (Å²) in [6, 6.07) is 14.3. The highest BCUT2D eigenvalue weighted by Crippen LogP contribution is 2.62. The van der Waals surface area contributed by atoms with E-state index in [2.05, 4.69) is 33.7 Å². The molecule has 0 atom stereocenters. The van der Waals surface area contributed by atoms with Crippen molar-refractivity contribution in [1.29, 1.82) is 0 Å². The van der Waals surface area contributed by atoms with Crippen molar-refractivity contribution >= 4 is 39.9 Å². The summed E-state index contributed by atoms with van der Waals surface area (Å²) in [5.41, 5.74) is 4.17. The first-order chi connectivity index (χ1) is 17.4. The SMILES string of the molecule is O=C(CC1CC2(C1)CC(C(=O)O)C2)c1ccc(Cl)c2ccn(Cc3ccc(N4CCOCC4)cc3)c12. The number of Topliss-reactive ketones (excluding diaryl/α,β-unsaturated/α-hetero) is 1. The number of hydrogen-bond donors (Lipinski definition) is 1. The Morgan fingerprint density at radius 2 is 1.72 bits per heavy atom. The van der Waals surface area contributed by atoms with E-state index in [9.17, 15) is 14.7 Å². The van der Waals surface area contributed by atoms with Gasteiger partial charge in [0.25, 0.3) is 0 Å². The number of hydrogen-bond acceptors (Lipinski definition) is 4. The monoisotopic (exact) mass is 506 g/mol. The Hall–Kier alpha value is -2.83. The van der Waals surface area contributed by atoms with E-state index in [0.717, 1.165) is 68.5 Å². The molecule has 2 saturated carbocycles. The Labute approximate surface area is 215 Å². The zero-order valence-electron chi connectivity index (χ0n) is 20.3. The molecule has 0 unspecified atom stereocenters. The predicted molar refractivity (Wildman–Crippen MR) is 140 cm³/mol.